The fourth-order valence-corrected chi connectivity index (χ4v) is 5.07. The predicted octanol–water partition coefficient (Wildman–Crippen LogP) is 3.91. The highest BCUT2D eigenvalue weighted by Crippen LogP contribution is 2.36. The standard InChI is InChI=1S/C31H25F3N2O8S/c32-31(33,34)21-16-35-30(45)36(25(21)37)26-24(44-29(40)20-14-8-3-9-15-20)23(43-28(39)19-12-6-2-7-13-19)22(42-26)17-41-27(38)18-10-4-1-5-11-18/h1-15,21-24,26H,16-17H2,(H,35,45)/t21?,22-,23-,24-,26-/m1/s1. The Labute approximate surface area is 260 Å². The van der Waals surface area contributed by atoms with Gasteiger partial charge < -0.3 is 24.3 Å². The summed E-state index contributed by atoms with van der Waals surface area (Å²) in [5.74, 6) is -6.60. The average molecular weight is 643 g/mol. The van der Waals surface area contributed by atoms with Crippen LogP contribution in [0, 0.1) is 5.92 Å². The van der Waals surface area contributed by atoms with Crippen LogP contribution in [-0.4, -0.2) is 77.7 Å². The number of nitrogens with one attached hydrogen (secondary N) is 1. The molecule has 1 N–H and O–H groups in total. The van der Waals surface area contributed by atoms with Gasteiger partial charge in [0.15, 0.2) is 29.5 Å². The highest BCUT2D eigenvalue weighted by Gasteiger charge is 2.58. The second-order valence-corrected chi connectivity index (χ2v) is 10.4. The van der Waals surface area contributed by atoms with Crippen LogP contribution in [0.15, 0.2) is 91.0 Å². The number of carbonyl (C=O) groups excluding carboxylic acids is 4. The third-order valence-corrected chi connectivity index (χ3v) is 7.38. The SMILES string of the molecule is O=C(OC[C@H]1O[C@@H](N2C(=O)C(C(F)(F)F)CNC2=S)[C@H](OC(=O)c2ccccc2)[C@@H]1OC(=O)c1ccccc1)c1ccccc1. The number of benzene rings is 3. The molecule has 5 rings (SSSR count). The van der Waals surface area contributed by atoms with E-state index in [1.807, 2.05) is 0 Å². The quantitative estimate of drug-likeness (QED) is 0.220. The molecule has 3 aromatic carbocycles. The van der Waals surface area contributed by atoms with Crippen LogP contribution in [0.4, 0.5) is 13.2 Å². The number of ether oxygens (including phenoxy) is 4. The molecule has 2 saturated heterocycles. The molecule has 10 nitrogen and oxygen atoms in total. The molecule has 2 aliphatic rings. The molecule has 2 fully saturated rings. The lowest BCUT2D eigenvalue weighted by Crippen LogP contribution is -2.63. The van der Waals surface area contributed by atoms with Crippen molar-refractivity contribution in [2.24, 2.45) is 5.92 Å². The fraction of sp³-hybridized carbons (Fsp3) is 0.258. The van der Waals surface area contributed by atoms with Crippen LogP contribution >= 0.6 is 12.2 Å². The number of hydrogen-bond acceptors (Lipinski definition) is 9. The van der Waals surface area contributed by atoms with E-state index in [0.29, 0.717) is 4.90 Å². The third kappa shape index (κ3) is 7.13. The number of nitrogens with zero attached hydrogens (tertiary/aromatic N) is 1. The molecule has 2 heterocycles. The number of alkyl halides is 3. The van der Waals surface area contributed by atoms with Crippen molar-refractivity contribution in [1.29, 1.82) is 0 Å². The normalized spacial score (nSPS) is 23.2. The Bertz CT molecular complexity index is 1560. The maximum atomic E-state index is 13.8. The van der Waals surface area contributed by atoms with Crippen molar-refractivity contribution < 1.29 is 51.3 Å². The average Bonchev–Trinajstić information content (AvgIpc) is 3.36. The van der Waals surface area contributed by atoms with Crippen molar-refractivity contribution in [3.8, 4) is 0 Å². The lowest BCUT2D eigenvalue weighted by atomic mass is 10.0. The molecule has 234 valence electrons. The van der Waals surface area contributed by atoms with Gasteiger partial charge in [0.25, 0.3) is 0 Å². The maximum Gasteiger partial charge on any atom is 0.402 e. The minimum absolute atomic E-state index is 0.0576. The molecule has 0 bridgehead atoms. The molecule has 0 spiro atoms. The van der Waals surface area contributed by atoms with Gasteiger partial charge in [0, 0.05) is 6.54 Å². The minimum atomic E-state index is -4.95. The van der Waals surface area contributed by atoms with Crippen LogP contribution in [-0.2, 0) is 23.7 Å². The zero-order valence-corrected chi connectivity index (χ0v) is 24.0. The zero-order valence-electron chi connectivity index (χ0n) is 23.2. The van der Waals surface area contributed by atoms with Crippen molar-refractivity contribution in [2.75, 3.05) is 13.2 Å². The molecular formula is C31H25F3N2O8S. The molecule has 0 radical (unpaired) electrons. The first-order valence-corrected chi connectivity index (χ1v) is 14.0. The van der Waals surface area contributed by atoms with E-state index in [1.165, 1.54) is 36.4 Å². The Hall–Kier alpha value is -4.82. The number of thiocarbonyl (C=S) groups is 1. The Morgan fingerprint density at radius 2 is 1.27 bits per heavy atom. The van der Waals surface area contributed by atoms with Gasteiger partial charge in [0.2, 0.25) is 5.91 Å². The fourth-order valence-electron chi connectivity index (χ4n) is 4.79. The van der Waals surface area contributed by atoms with Crippen LogP contribution in [0.2, 0.25) is 0 Å². The number of rotatable bonds is 8. The first-order valence-electron chi connectivity index (χ1n) is 13.6. The molecule has 45 heavy (non-hydrogen) atoms. The second-order valence-electron chi connectivity index (χ2n) is 9.99. The maximum absolute atomic E-state index is 13.8. The van der Waals surface area contributed by atoms with E-state index in [1.54, 1.807) is 54.6 Å². The van der Waals surface area contributed by atoms with E-state index in [2.05, 4.69) is 5.32 Å². The molecule has 0 saturated carbocycles. The second kappa shape index (κ2) is 13.4. The van der Waals surface area contributed by atoms with Gasteiger partial charge >= 0.3 is 24.1 Å². The first kappa shape index (κ1) is 31.6. The van der Waals surface area contributed by atoms with Crippen LogP contribution in [0.1, 0.15) is 31.1 Å². The molecule has 1 amide bonds. The van der Waals surface area contributed by atoms with Crippen LogP contribution < -0.4 is 5.32 Å². The van der Waals surface area contributed by atoms with Crippen molar-refractivity contribution in [3.63, 3.8) is 0 Å². The first-order chi connectivity index (χ1) is 21.5. The largest absolute Gasteiger partial charge is 0.459 e. The topological polar surface area (TPSA) is 120 Å². The molecule has 14 heteroatoms. The third-order valence-electron chi connectivity index (χ3n) is 7.04. The number of halogens is 3. The Balaban J connectivity index is 1.51. The summed E-state index contributed by atoms with van der Waals surface area (Å²) in [6.07, 6.45) is -11.4. The molecular weight excluding hydrogens is 617 g/mol. The van der Waals surface area contributed by atoms with Gasteiger partial charge in [-0.15, -0.1) is 0 Å². The van der Waals surface area contributed by atoms with Gasteiger partial charge in [0.05, 0.1) is 16.7 Å². The van der Waals surface area contributed by atoms with E-state index >= 15 is 0 Å². The summed E-state index contributed by atoms with van der Waals surface area (Å²) in [6.45, 7) is -1.41. The molecule has 0 aromatic heterocycles. The van der Waals surface area contributed by atoms with Gasteiger partial charge in [0.1, 0.15) is 12.7 Å². The molecule has 3 aromatic rings. The van der Waals surface area contributed by atoms with Crippen molar-refractivity contribution in [1.82, 2.24) is 10.2 Å². The minimum Gasteiger partial charge on any atom is -0.459 e. The number of amides is 1. The van der Waals surface area contributed by atoms with Gasteiger partial charge in [-0.3, -0.25) is 9.69 Å². The van der Waals surface area contributed by atoms with E-state index in [0.717, 1.165) is 0 Å². The van der Waals surface area contributed by atoms with E-state index in [-0.39, 0.29) is 16.7 Å². The summed E-state index contributed by atoms with van der Waals surface area (Å²) in [5, 5.41) is 1.94. The molecule has 5 atom stereocenters. The summed E-state index contributed by atoms with van der Waals surface area (Å²) in [6, 6.07) is 23.2. The highest BCUT2D eigenvalue weighted by atomic mass is 32.1. The summed E-state index contributed by atoms with van der Waals surface area (Å²) in [5.41, 5.74) is 0.334. The summed E-state index contributed by atoms with van der Waals surface area (Å²) >= 11 is 5.20. The summed E-state index contributed by atoms with van der Waals surface area (Å²) < 4.78 is 64.2. The summed E-state index contributed by atoms with van der Waals surface area (Å²) in [7, 11) is 0. The van der Waals surface area contributed by atoms with Crippen LogP contribution in [0.25, 0.3) is 0 Å². The molecule has 1 unspecified atom stereocenters. The lowest BCUT2D eigenvalue weighted by molar-refractivity contribution is -0.195. The molecule has 0 aliphatic carbocycles. The number of carbonyl (C=O) groups is 4. The zero-order chi connectivity index (χ0) is 32.1. The highest BCUT2D eigenvalue weighted by molar-refractivity contribution is 7.80. The number of hydrogen-bond donors (Lipinski definition) is 1. The van der Waals surface area contributed by atoms with E-state index < -0.39 is 78.7 Å². The van der Waals surface area contributed by atoms with E-state index in [4.69, 9.17) is 31.2 Å². The monoisotopic (exact) mass is 642 g/mol. The van der Waals surface area contributed by atoms with Crippen molar-refractivity contribution in [3.05, 3.63) is 108 Å². The van der Waals surface area contributed by atoms with E-state index in [9.17, 15) is 32.3 Å². The van der Waals surface area contributed by atoms with Gasteiger partial charge in [-0.25, -0.2) is 14.4 Å². The van der Waals surface area contributed by atoms with Crippen molar-refractivity contribution in [2.45, 2.75) is 30.7 Å². The lowest BCUT2D eigenvalue weighted by Gasteiger charge is -2.38. The van der Waals surface area contributed by atoms with Gasteiger partial charge in [-0.2, -0.15) is 13.2 Å². The Morgan fingerprint density at radius 3 is 1.76 bits per heavy atom. The van der Waals surface area contributed by atoms with Gasteiger partial charge in [-0.1, -0.05) is 54.6 Å². The van der Waals surface area contributed by atoms with Crippen LogP contribution in [0.5, 0.6) is 0 Å². The Kier molecular flexibility index (Phi) is 9.44. The predicted molar refractivity (Wildman–Crippen MR) is 154 cm³/mol. The smallest absolute Gasteiger partial charge is 0.402 e. The van der Waals surface area contributed by atoms with Crippen molar-refractivity contribution >= 4 is 41.1 Å². The van der Waals surface area contributed by atoms with Crippen LogP contribution in [0.3, 0.4) is 0 Å². The summed E-state index contributed by atoms with van der Waals surface area (Å²) in [4.78, 5) is 53.0. The molecule has 2 aliphatic heterocycles. The Morgan fingerprint density at radius 1 is 0.800 bits per heavy atom. The number of esters is 3. The van der Waals surface area contributed by atoms with Gasteiger partial charge in [-0.05, 0) is 48.6 Å².